The summed E-state index contributed by atoms with van der Waals surface area (Å²) in [4.78, 5) is 15.9. The lowest BCUT2D eigenvalue weighted by molar-refractivity contribution is -0.121. The predicted molar refractivity (Wildman–Crippen MR) is 61.6 cm³/mol. The van der Waals surface area contributed by atoms with Gasteiger partial charge in [0.1, 0.15) is 5.78 Å². The Morgan fingerprint density at radius 3 is 3.13 bits per heavy atom. The minimum absolute atomic E-state index is 0.198. The summed E-state index contributed by atoms with van der Waals surface area (Å²) in [5.41, 5.74) is 0.987. The largest absolute Gasteiger partial charge is 0.316 e. The summed E-state index contributed by atoms with van der Waals surface area (Å²) in [7, 11) is 0. The average Bonchev–Trinajstić information content (AvgIpc) is 2.70. The third kappa shape index (κ3) is 2.86. The minimum Gasteiger partial charge on any atom is -0.316 e. The van der Waals surface area contributed by atoms with Crippen LogP contribution in [-0.4, -0.2) is 23.9 Å². The van der Waals surface area contributed by atoms with Crippen molar-refractivity contribution < 1.29 is 4.79 Å². The van der Waals surface area contributed by atoms with Crippen LogP contribution < -0.4 is 5.32 Å². The first-order valence-electron chi connectivity index (χ1n) is 5.08. The van der Waals surface area contributed by atoms with Crippen LogP contribution in [0.3, 0.4) is 0 Å². The van der Waals surface area contributed by atoms with E-state index in [9.17, 15) is 4.79 Å². The molecular formula is C11H13BrN2O. The fraction of sp³-hybridized carbons (Fsp3) is 0.455. The van der Waals surface area contributed by atoms with Gasteiger partial charge in [0.15, 0.2) is 0 Å². The van der Waals surface area contributed by atoms with E-state index >= 15 is 0 Å². The molecule has 15 heavy (non-hydrogen) atoms. The van der Waals surface area contributed by atoms with Gasteiger partial charge in [0.25, 0.3) is 0 Å². The van der Waals surface area contributed by atoms with Crippen LogP contribution in [0.5, 0.6) is 0 Å². The summed E-state index contributed by atoms with van der Waals surface area (Å²) in [6.45, 7) is 1.80. The Kier molecular flexibility index (Phi) is 3.49. The van der Waals surface area contributed by atoms with Crippen LogP contribution in [0.2, 0.25) is 0 Å². The number of Topliss-reactive ketones (excluding diaryl/α,β-unsaturated/α-hetero) is 1. The van der Waals surface area contributed by atoms with Gasteiger partial charge in [-0.05, 0) is 40.5 Å². The summed E-state index contributed by atoms with van der Waals surface area (Å²) in [6, 6.07) is 1.95. The number of carbonyl (C=O) groups is 1. The summed E-state index contributed by atoms with van der Waals surface area (Å²) in [6.07, 6.45) is 4.95. The lowest BCUT2D eigenvalue weighted by atomic mass is 9.98. The van der Waals surface area contributed by atoms with Gasteiger partial charge in [0, 0.05) is 35.7 Å². The molecule has 80 valence electrons. The predicted octanol–water partition coefficient (Wildman–Crippen LogP) is 1.57. The molecular weight excluding hydrogens is 256 g/mol. The highest BCUT2D eigenvalue weighted by Gasteiger charge is 2.22. The van der Waals surface area contributed by atoms with Crippen molar-refractivity contribution in [2.45, 2.75) is 12.8 Å². The highest BCUT2D eigenvalue weighted by atomic mass is 79.9. The van der Waals surface area contributed by atoms with E-state index in [0.717, 1.165) is 29.5 Å². The maximum Gasteiger partial charge on any atom is 0.141 e. The van der Waals surface area contributed by atoms with Crippen molar-refractivity contribution in [3.63, 3.8) is 0 Å². The number of nitrogens with one attached hydrogen (secondary N) is 1. The standard InChI is InChI=1S/C11H13BrN2O/c12-10-3-8(5-14-7-10)4-11(15)9-1-2-13-6-9/h3,5,7,9,13H,1-2,4,6H2. The van der Waals surface area contributed by atoms with E-state index in [1.807, 2.05) is 6.07 Å². The Labute approximate surface area is 97.4 Å². The van der Waals surface area contributed by atoms with Crippen LogP contribution in [-0.2, 0) is 11.2 Å². The Bertz CT molecular complexity index is 361. The van der Waals surface area contributed by atoms with Gasteiger partial charge in [0.2, 0.25) is 0 Å². The second kappa shape index (κ2) is 4.86. The zero-order chi connectivity index (χ0) is 10.7. The number of nitrogens with zero attached hydrogens (tertiary/aromatic N) is 1. The first-order chi connectivity index (χ1) is 7.25. The van der Waals surface area contributed by atoms with Gasteiger partial charge in [-0.3, -0.25) is 9.78 Å². The molecule has 1 unspecified atom stereocenters. The number of halogens is 1. The number of carbonyl (C=O) groups excluding carboxylic acids is 1. The number of hydrogen-bond donors (Lipinski definition) is 1. The second-order valence-electron chi connectivity index (χ2n) is 3.84. The third-order valence-corrected chi connectivity index (χ3v) is 3.09. The molecule has 1 aliphatic rings. The highest BCUT2D eigenvalue weighted by molar-refractivity contribution is 9.10. The van der Waals surface area contributed by atoms with Crippen LogP contribution >= 0.6 is 15.9 Å². The van der Waals surface area contributed by atoms with Crippen molar-refractivity contribution >= 4 is 21.7 Å². The minimum atomic E-state index is 0.198. The molecule has 1 aromatic heterocycles. The molecule has 1 aliphatic heterocycles. The van der Waals surface area contributed by atoms with Gasteiger partial charge >= 0.3 is 0 Å². The number of hydrogen-bond acceptors (Lipinski definition) is 3. The zero-order valence-corrected chi connectivity index (χ0v) is 9.96. The van der Waals surface area contributed by atoms with Crippen LogP contribution in [0.1, 0.15) is 12.0 Å². The monoisotopic (exact) mass is 268 g/mol. The molecule has 0 aliphatic carbocycles. The van der Waals surface area contributed by atoms with Crippen molar-refractivity contribution in [3.05, 3.63) is 28.5 Å². The van der Waals surface area contributed by atoms with Gasteiger partial charge in [-0.2, -0.15) is 0 Å². The molecule has 0 radical (unpaired) electrons. The molecule has 2 rings (SSSR count). The summed E-state index contributed by atoms with van der Waals surface area (Å²) < 4.78 is 0.928. The van der Waals surface area contributed by atoms with E-state index in [4.69, 9.17) is 0 Å². The van der Waals surface area contributed by atoms with E-state index in [2.05, 4.69) is 26.2 Å². The molecule has 3 nitrogen and oxygen atoms in total. The van der Waals surface area contributed by atoms with Gasteiger partial charge in [-0.1, -0.05) is 0 Å². The number of pyridine rings is 1. The third-order valence-electron chi connectivity index (χ3n) is 2.66. The van der Waals surface area contributed by atoms with Crippen LogP contribution in [0.4, 0.5) is 0 Å². The second-order valence-corrected chi connectivity index (χ2v) is 4.76. The number of ketones is 1. The molecule has 4 heteroatoms. The van der Waals surface area contributed by atoms with Crippen molar-refractivity contribution in [1.82, 2.24) is 10.3 Å². The van der Waals surface area contributed by atoms with Crippen molar-refractivity contribution in [2.75, 3.05) is 13.1 Å². The van der Waals surface area contributed by atoms with E-state index in [-0.39, 0.29) is 5.92 Å². The molecule has 1 saturated heterocycles. The molecule has 0 bridgehead atoms. The van der Waals surface area contributed by atoms with Crippen molar-refractivity contribution in [1.29, 1.82) is 0 Å². The van der Waals surface area contributed by atoms with Crippen molar-refractivity contribution in [2.24, 2.45) is 5.92 Å². The van der Waals surface area contributed by atoms with Gasteiger partial charge in [0.05, 0.1) is 0 Å². The molecule has 2 heterocycles. The summed E-state index contributed by atoms with van der Waals surface area (Å²) >= 11 is 3.35. The van der Waals surface area contributed by atoms with Crippen molar-refractivity contribution in [3.8, 4) is 0 Å². The lowest BCUT2D eigenvalue weighted by Gasteiger charge is -2.06. The molecule has 1 fully saturated rings. The fourth-order valence-electron chi connectivity index (χ4n) is 1.83. The fourth-order valence-corrected chi connectivity index (χ4v) is 2.24. The molecule has 0 saturated carbocycles. The molecule has 0 aromatic carbocycles. The summed E-state index contributed by atoms with van der Waals surface area (Å²) in [5.74, 6) is 0.517. The molecule has 1 aromatic rings. The SMILES string of the molecule is O=C(Cc1cncc(Br)c1)C1CCNC1. The van der Waals surface area contributed by atoms with Gasteiger partial charge in [-0.15, -0.1) is 0 Å². The lowest BCUT2D eigenvalue weighted by Crippen LogP contribution is -2.19. The maximum absolute atomic E-state index is 11.8. The van der Waals surface area contributed by atoms with E-state index in [1.165, 1.54) is 0 Å². The normalized spacial score (nSPS) is 20.5. The van der Waals surface area contributed by atoms with E-state index in [1.54, 1.807) is 12.4 Å². The van der Waals surface area contributed by atoms with Crippen LogP contribution in [0.15, 0.2) is 22.9 Å². The van der Waals surface area contributed by atoms with Crippen LogP contribution in [0.25, 0.3) is 0 Å². The maximum atomic E-state index is 11.8. The van der Waals surface area contributed by atoms with Crippen LogP contribution in [0, 0.1) is 5.92 Å². The molecule has 0 amide bonds. The Morgan fingerprint density at radius 1 is 1.60 bits per heavy atom. The smallest absolute Gasteiger partial charge is 0.141 e. The van der Waals surface area contributed by atoms with Gasteiger partial charge in [-0.25, -0.2) is 0 Å². The zero-order valence-electron chi connectivity index (χ0n) is 8.37. The number of aromatic nitrogens is 1. The number of rotatable bonds is 3. The molecule has 1 atom stereocenters. The Morgan fingerprint density at radius 2 is 2.47 bits per heavy atom. The molecule has 0 spiro atoms. The Hall–Kier alpha value is -0.740. The topological polar surface area (TPSA) is 42.0 Å². The van der Waals surface area contributed by atoms with E-state index < -0.39 is 0 Å². The highest BCUT2D eigenvalue weighted by Crippen LogP contribution is 2.15. The molecule has 1 N–H and O–H groups in total. The average molecular weight is 269 g/mol. The van der Waals surface area contributed by atoms with E-state index in [0.29, 0.717) is 12.2 Å². The van der Waals surface area contributed by atoms with Gasteiger partial charge < -0.3 is 5.32 Å². The quantitative estimate of drug-likeness (QED) is 0.905. The first-order valence-corrected chi connectivity index (χ1v) is 5.88. The first kappa shape index (κ1) is 10.8. The Balaban J connectivity index is 1.99. The summed E-state index contributed by atoms with van der Waals surface area (Å²) in [5, 5.41) is 3.20.